The van der Waals surface area contributed by atoms with Crippen molar-refractivity contribution in [3.8, 4) is 22.3 Å². The molecule has 0 amide bonds. The van der Waals surface area contributed by atoms with Crippen molar-refractivity contribution in [2.75, 3.05) is 14.7 Å². The van der Waals surface area contributed by atoms with Crippen LogP contribution in [0.15, 0.2) is 349 Å². The number of hydrogen-bond acceptors (Lipinski definition) is 17. The van der Waals surface area contributed by atoms with Gasteiger partial charge >= 0.3 is 7.12 Å². The van der Waals surface area contributed by atoms with Crippen molar-refractivity contribution >= 4 is 461 Å². The fourth-order valence-corrected chi connectivity index (χ4v) is 550. The van der Waals surface area contributed by atoms with Crippen LogP contribution in [0, 0.1) is 0 Å². The number of para-hydroxylation sites is 9. The third kappa shape index (κ3) is 26.1. The second kappa shape index (κ2) is 53.1. The van der Waals surface area contributed by atoms with E-state index in [0.717, 1.165) is 11.2 Å². The van der Waals surface area contributed by atoms with E-state index in [2.05, 4.69) is 210 Å². The average Bonchev–Trinajstić information content (AvgIpc) is 1.05. The summed E-state index contributed by atoms with van der Waals surface area (Å²) in [5.41, 5.74) is 7.93. The molecule has 19 rings (SSSR count). The van der Waals surface area contributed by atoms with E-state index in [4.69, 9.17) is 9.31 Å². The molecule has 0 aliphatic carbocycles. The molecule has 17 nitrogen and oxygen atoms in total. The van der Waals surface area contributed by atoms with Gasteiger partial charge in [-0.2, -0.15) is 0 Å². The normalized spacial score (nSPS) is 16.4. The molecular weight excluding hydrogens is 2810 g/mol. The Balaban J connectivity index is 0.000000154. The molecule has 780 valence electrons. The summed E-state index contributed by atoms with van der Waals surface area (Å²) in [4.78, 5) is 34.0. The largest absolute Gasteiger partial charge is 0.496 e. The van der Waals surface area contributed by atoms with Gasteiger partial charge in [0.1, 0.15) is 0 Å². The van der Waals surface area contributed by atoms with Crippen LogP contribution >= 0.6 is 336 Å². The van der Waals surface area contributed by atoms with Crippen molar-refractivity contribution in [2.45, 2.75) is 87.9 Å². The highest BCUT2D eigenvalue weighted by atomic mass is 79.9. The molecule has 149 heavy (non-hydrogen) atoms. The Bertz CT molecular complexity index is 7450. The van der Waals surface area contributed by atoms with Crippen LogP contribution in [0.5, 0.6) is 0 Å². The van der Waals surface area contributed by atoms with Gasteiger partial charge in [0.2, 0.25) is 49.2 Å². The van der Waals surface area contributed by atoms with Crippen LogP contribution in [0.1, 0.15) is 59.5 Å². The maximum atomic E-state index is 14.7. The molecule has 1 saturated heterocycles. The lowest BCUT2D eigenvalue weighted by molar-refractivity contribution is 0.00578. The summed E-state index contributed by atoms with van der Waals surface area (Å²) >= 11 is 6.51. The van der Waals surface area contributed by atoms with Gasteiger partial charge in [0, 0.05) is 53.5 Å². The standard InChI is InChI=1S/C49H30N2O7S3.C24H24BNO4S.C13H6Br2O3S.H40P38/c52-49-35-29-31(33-13-1-3-15-37(33)50-39-17-5-9-21-45(39)60(55,56)46-22-10-6-18-40(46)50)25-27-43(35)59(53,54)44-28-26-32(30-36(44)49)34-14-2-4-16-38(34)51-41-19-7-11-23-47(41)61(57,58)48-24-12-8-20-42(48)51;1-23(2)24(3,4)30-25(29-23)17-11-5-6-12-18(17)26-19-13-7-9-15-21(19)31(27,28)22-16-10-8-14-20(22)26;14-7-1-3-11-9(5-7)13(16)10-6-8(15)2-4-12(10)19(11,17)18;1-21(2)31(22(3)4)36(32(23(5)6)24(7)8)38(35(29(17)18)30(19)20)37(33(25(9)10)26(11)12)34(27(13)14)28(15)16/h1-30H;5-16H,1-4H3;1-6H;1-20H2. The molecule has 0 radical (unpaired) electrons. The van der Waals surface area contributed by atoms with E-state index >= 15 is 0 Å². The number of nitrogens with zero attached hydrogens (tertiary/aromatic N) is 3. The molecule has 0 saturated carbocycles. The Kier molecular flexibility index (Phi) is 45.2. The SMILES string of the molecule is CC1(C)OB(c2ccccc2N2c3ccccc3S(=O)(=O)c3ccccc32)OC1(C)C.O=C1c2cc(-c3ccccc3N3c4ccccc4S(=O)(=O)c4ccccc43)ccc2S(=O)(=O)c2ccc(-c3ccccc3N3c4ccccc4S(=O)(=O)c4ccccc43)cc21.O=C1c2cc(Br)ccc2S(=O)(=O)c2ccc(Br)cc21.PP(P)P(P(P)P)P(P(P(P)P)P(P)P)P(P(P(P)P)P(P)P)P(P(P(P)P)P(P)P)P(P(P)P)P(P)P. The predicted octanol–water partition coefficient (Wildman–Crippen LogP) is 40.8. The molecule has 0 bridgehead atoms. The van der Waals surface area contributed by atoms with E-state index in [0.29, 0.717) is 76.7 Å². The van der Waals surface area contributed by atoms with Crippen LogP contribution in [-0.4, -0.2) is 72.0 Å². The monoisotopic (exact) mass is 2900 g/mol. The number of rotatable bonds is 23. The number of carbonyl (C=O) groups excluding carboxylic acids is 2. The first-order valence-electron chi connectivity index (χ1n) is 43.4. The zero-order valence-electron chi connectivity index (χ0n) is 78.7. The van der Waals surface area contributed by atoms with Crippen molar-refractivity contribution in [3.05, 3.63) is 322 Å². The third-order valence-electron chi connectivity index (χ3n) is 24.1. The minimum atomic E-state index is -4.15. The maximum Gasteiger partial charge on any atom is 0.496 e. The molecule has 6 heterocycles. The van der Waals surface area contributed by atoms with E-state index in [-0.39, 0.29) is 203 Å². The maximum absolute atomic E-state index is 14.7. The molecule has 13 aromatic rings. The van der Waals surface area contributed by atoms with Crippen molar-refractivity contribution in [1.82, 2.24) is 0 Å². The second-order valence-corrected chi connectivity index (χ2v) is 200. The van der Waals surface area contributed by atoms with E-state index in [1.807, 2.05) is 139 Å². The Morgan fingerprint density at radius 1 is 0.228 bits per heavy atom. The highest BCUT2D eigenvalue weighted by Crippen LogP contribution is 3.42. The van der Waals surface area contributed by atoms with Crippen molar-refractivity contribution in [3.63, 3.8) is 0 Å². The first-order chi connectivity index (χ1) is 70.2. The first-order valence-corrected chi connectivity index (χ1v) is 121. The highest BCUT2D eigenvalue weighted by molar-refractivity contribution is 9.48. The number of ketones is 2. The fraction of sp³-hybridized carbons (Fsp3) is 0.0698. The quantitative estimate of drug-likeness (QED) is 0.0428. The fourth-order valence-electron chi connectivity index (χ4n) is 17.2. The molecule has 6 aliphatic heterocycles. The smallest absolute Gasteiger partial charge is 0.399 e. The number of sulfone groups is 5. The van der Waals surface area contributed by atoms with E-state index in [9.17, 15) is 51.7 Å². The molecule has 63 heteroatoms. The summed E-state index contributed by atoms with van der Waals surface area (Å²) in [5.74, 6) is -0.750. The summed E-state index contributed by atoms with van der Waals surface area (Å²) in [7, 11) is 47.8. The van der Waals surface area contributed by atoms with Gasteiger partial charge in [-0.3, -0.25) is 9.59 Å². The molecule has 6 aliphatic rings. The number of hydrogen-bond donors (Lipinski definition) is 0. The van der Waals surface area contributed by atoms with Crippen LogP contribution in [0.3, 0.4) is 0 Å². The summed E-state index contributed by atoms with van der Waals surface area (Å²) in [6.45, 7) is 6.64. The lowest BCUT2D eigenvalue weighted by Crippen LogP contribution is -2.41. The number of halogens is 2. The second-order valence-electron chi connectivity index (χ2n) is 33.8. The molecule has 1 fully saturated rings. The minimum absolute atomic E-state index is 0.0105. The summed E-state index contributed by atoms with van der Waals surface area (Å²) in [6, 6.07) is 82.7. The highest BCUT2D eigenvalue weighted by Gasteiger charge is 2.57. The molecule has 0 N–H and O–H groups in total. The van der Waals surface area contributed by atoms with Gasteiger partial charge in [-0.05, 0) is 316 Å². The predicted molar refractivity (Wildman–Crippen MR) is 751 cm³/mol. The zero-order chi connectivity index (χ0) is 108. The summed E-state index contributed by atoms with van der Waals surface area (Å²) in [5, 5.41) is 0. The van der Waals surface area contributed by atoms with Crippen molar-refractivity contribution < 1.29 is 61.0 Å². The molecule has 20 unspecified atom stereocenters. The Hall–Kier alpha value is 5.63. The van der Waals surface area contributed by atoms with Gasteiger partial charge in [-0.1, -0.05) is 171 Å². The zero-order valence-corrected chi connectivity index (χ0v) is 125. The van der Waals surface area contributed by atoms with Crippen LogP contribution < -0.4 is 20.2 Å². The van der Waals surface area contributed by atoms with Gasteiger partial charge in [0.05, 0.1) is 106 Å². The van der Waals surface area contributed by atoms with Gasteiger partial charge in [-0.25, -0.2) is 42.1 Å². The molecule has 20 atom stereocenters. The van der Waals surface area contributed by atoms with E-state index in [1.54, 1.807) is 170 Å². The lowest BCUT2D eigenvalue weighted by Gasteiger charge is -2.55. The van der Waals surface area contributed by atoms with E-state index < -0.39 is 73.3 Å². The van der Waals surface area contributed by atoms with E-state index in [1.165, 1.54) is 24.3 Å². The van der Waals surface area contributed by atoms with Gasteiger partial charge < -0.3 is 24.0 Å². The number of benzene rings is 13. The Morgan fingerprint density at radius 3 is 0.678 bits per heavy atom. The molecule has 13 aromatic carbocycles. The summed E-state index contributed by atoms with van der Waals surface area (Å²) < 4.78 is 149. The van der Waals surface area contributed by atoms with Gasteiger partial charge in [0.15, 0.2) is 11.6 Å². The van der Waals surface area contributed by atoms with Crippen LogP contribution in [0.2, 0.25) is 0 Å². The Morgan fingerprint density at radius 2 is 0.423 bits per heavy atom. The minimum Gasteiger partial charge on any atom is -0.399 e. The number of anilines is 9. The number of carbonyl (C=O) groups is 2. The third-order valence-corrected chi connectivity index (χ3v) is 289. The lowest BCUT2D eigenvalue weighted by atomic mass is 9.77. The number of fused-ring (bicyclic) bond motifs is 10. The summed E-state index contributed by atoms with van der Waals surface area (Å²) in [6.07, 6.45) is 0. The van der Waals surface area contributed by atoms with Crippen molar-refractivity contribution in [2.24, 2.45) is 0 Å². The average molecular weight is 2910 g/mol. The van der Waals surface area contributed by atoms with Crippen LogP contribution in [0.4, 0.5) is 51.2 Å². The Labute approximate surface area is 957 Å². The topological polar surface area (TPSA) is 233 Å². The molecule has 0 spiro atoms. The first kappa shape index (κ1) is 127. The van der Waals surface area contributed by atoms with Crippen LogP contribution in [-0.2, 0) is 58.5 Å². The van der Waals surface area contributed by atoms with Gasteiger partial charge in [-0.15, -0.1) is 179 Å². The molecule has 0 aromatic heterocycles. The van der Waals surface area contributed by atoms with Gasteiger partial charge in [0.25, 0.3) is 0 Å². The van der Waals surface area contributed by atoms with Crippen molar-refractivity contribution in [1.29, 1.82) is 0 Å². The molecular formula is C86H100BBr2N3O14P38S5. The van der Waals surface area contributed by atoms with Crippen LogP contribution in [0.25, 0.3) is 22.3 Å².